The van der Waals surface area contributed by atoms with Crippen LogP contribution in [-0.2, 0) is 4.74 Å². The van der Waals surface area contributed by atoms with Gasteiger partial charge in [0.15, 0.2) is 0 Å². The Balaban J connectivity index is 3.11. The van der Waals surface area contributed by atoms with Gasteiger partial charge in [0, 0.05) is 12.5 Å². The molecule has 0 aliphatic rings. The van der Waals surface area contributed by atoms with Crippen LogP contribution in [0.15, 0.2) is 6.07 Å². The zero-order valence-electron chi connectivity index (χ0n) is 11.5. The Morgan fingerprint density at radius 1 is 1.40 bits per heavy atom. The first-order chi connectivity index (χ1) is 9.03. The van der Waals surface area contributed by atoms with Gasteiger partial charge in [0.2, 0.25) is 0 Å². The summed E-state index contributed by atoms with van der Waals surface area (Å²) >= 11 is 11.6. The third-order valence-corrected chi connectivity index (χ3v) is 2.99. The zero-order chi connectivity index (χ0) is 15.7. The van der Waals surface area contributed by atoms with Crippen molar-refractivity contribution in [3.05, 3.63) is 16.2 Å². The molecule has 20 heavy (non-hydrogen) atoms. The fourth-order valence-electron chi connectivity index (χ4n) is 1.29. The van der Waals surface area contributed by atoms with Crippen LogP contribution in [-0.4, -0.2) is 40.9 Å². The molecule has 0 saturated heterocycles. The van der Waals surface area contributed by atoms with Crippen molar-refractivity contribution in [1.29, 1.82) is 0 Å². The molecule has 0 saturated carbocycles. The average Bonchev–Trinajstić information content (AvgIpc) is 2.28. The summed E-state index contributed by atoms with van der Waals surface area (Å²) in [7, 11) is -0.400. The lowest BCUT2D eigenvalue weighted by Gasteiger charge is -2.24. The summed E-state index contributed by atoms with van der Waals surface area (Å²) in [6.45, 7) is 5.18. The van der Waals surface area contributed by atoms with Gasteiger partial charge in [0.05, 0.1) is 5.02 Å². The highest BCUT2D eigenvalue weighted by Crippen LogP contribution is 2.22. The van der Waals surface area contributed by atoms with E-state index in [1.54, 1.807) is 20.8 Å². The maximum absolute atomic E-state index is 11.9. The van der Waals surface area contributed by atoms with Crippen molar-refractivity contribution in [2.45, 2.75) is 26.4 Å². The smallest absolute Gasteiger partial charge is 0.443 e. The minimum atomic E-state index is -1.83. The van der Waals surface area contributed by atoms with Crippen molar-refractivity contribution < 1.29 is 19.6 Å². The van der Waals surface area contributed by atoms with Gasteiger partial charge in [-0.05, 0) is 26.8 Å². The molecule has 9 heteroatoms. The average molecular weight is 321 g/mol. The first kappa shape index (κ1) is 17.0. The lowest BCUT2D eigenvalue weighted by Crippen LogP contribution is -2.37. The number of halogens is 2. The van der Waals surface area contributed by atoms with Gasteiger partial charge in [-0.2, -0.15) is 0 Å². The fourth-order valence-corrected chi connectivity index (χ4v) is 1.68. The van der Waals surface area contributed by atoms with E-state index in [1.165, 1.54) is 13.1 Å². The van der Waals surface area contributed by atoms with Gasteiger partial charge in [0.25, 0.3) is 0 Å². The normalized spacial score (nSPS) is 11.2. The lowest BCUT2D eigenvalue weighted by molar-refractivity contribution is 0.0588. The highest BCUT2D eigenvalue weighted by molar-refractivity contribution is 6.64. The van der Waals surface area contributed by atoms with E-state index in [9.17, 15) is 14.8 Å². The summed E-state index contributed by atoms with van der Waals surface area (Å²) < 4.78 is 5.17. The molecule has 0 aliphatic heterocycles. The van der Waals surface area contributed by atoms with E-state index >= 15 is 0 Å². The summed E-state index contributed by atoms with van der Waals surface area (Å²) in [5.41, 5.74) is -0.710. The van der Waals surface area contributed by atoms with E-state index in [0.717, 1.165) is 4.90 Å². The Bertz CT molecular complexity index is 520. The topological polar surface area (TPSA) is 82.9 Å². The van der Waals surface area contributed by atoms with Crippen LogP contribution in [0.1, 0.15) is 20.8 Å². The quantitative estimate of drug-likeness (QED) is 0.636. The molecule has 1 aromatic heterocycles. The van der Waals surface area contributed by atoms with Crippen LogP contribution in [0.2, 0.25) is 10.2 Å². The number of ether oxygens (including phenoxy) is 1. The van der Waals surface area contributed by atoms with E-state index < -0.39 is 18.8 Å². The lowest BCUT2D eigenvalue weighted by atomic mass is 9.81. The van der Waals surface area contributed by atoms with Crippen LogP contribution in [0.25, 0.3) is 0 Å². The van der Waals surface area contributed by atoms with Gasteiger partial charge in [-0.1, -0.05) is 23.2 Å². The molecule has 0 spiro atoms. The Kier molecular flexibility index (Phi) is 5.26. The van der Waals surface area contributed by atoms with Gasteiger partial charge in [-0.3, -0.25) is 4.90 Å². The van der Waals surface area contributed by atoms with E-state index in [1.807, 2.05) is 0 Å². The second-order valence-electron chi connectivity index (χ2n) is 5.09. The largest absolute Gasteiger partial charge is 0.490 e. The summed E-state index contributed by atoms with van der Waals surface area (Å²) in [6.07, 6.45) is -0.651. The minimum absolute atomic E-state index is 0.0444. The van der Waals surface area contributed by atoms with Crippen LogP contribution in [0.4, 0.5) is 10.6 Å². The second-order valence-corrected chi connectivity index (χ2v) is 5.82. The van der Waals surface area contributed by atoms with Crippen molar-refractivity contribution in [3.8, 4) is 0 Å². The van der Waals surface area contributed by atoms with Gasteiger partial charge in [0.1, 0.15) is 16.6 Å². The summed E-state index contributed by atoms with van der Waals surface area (Å²) in [6, 6.07) is 1.25. The standard InChI is InChI=1S/C11H15BCl2N2O4/c1-11(2,3)20-10(17)16(4)7-5-6(12(18)19)8(13)9(14)15-7/h5,18-19H,1-4H3. The molecule has 2 N–H and O–H groups in total. The fraction of sp³-hybridized carbons (Fsp3) is 0.455. The molecule has 1 rings (SSSR count). The predicted octanol–water partition coefficient (Wildman–Crippen LogP) is 1.44. The van der Waals surface area contributed by atoms with Gasteiger partial charge < -0.3 is 14.8 Å². The van der Waals surface area contributed by atoms with Crippen LogP contribution >= 0.6 is 23.2 Å². The number of hydrogen-bond donors (Lipinski definition) is 2. The highest BCUT2D eigenvalue weighted by Gasteiger charge is 2.25. The third kappa shape index (κ3) is 4.24. The van der Waals surface area contributed by atoms with Crippen LogP contribution < -0.4 is 10.4 Å². The molecule has 1 aromatic rings. The first-order valence-corrected chi connectivity index (χ1v) is 6.47. The number of aromatic nitrogens is 1. The van der Waals surface area contributed by atoms with Crippen molar-refractivity contribution >= 4 is 47.7 Å². The van der Waals surface area contributed by atoms with Gasteiger partial charge in [-0.25, -0.2) is 9.78 Å². The van der Waals surface area contributed by atoms with Crippen LogP contribution in [0, 0.1) is 0 Å². The minimum Gasteiger partial charge on any atom is -0.443 e. The summed E-state index contributed by atoms with van der Waals surface area (Å²) in [5, 5.41) is 18.2. The number of hydrogen-bond acceptors (Lipinski definition) is 5. The van der Waals surface area contributed by atoms with Crippen LogP contribution in [0.5, 0.6) is 0 Å². The number of amides is 1. The Morgan fingerprint density at radius 3 is 2.40 bits per heavy atom. The van der Waals surface area contributed by atoms with Crippen molar-refractivity contribution in [2.75, 3.05) is 11.9 Å². The Morgan fingerprint density at radius 2 is 1.95 bits per heavy atom. The van der Waals surface area contributed by atoms with E-state index in [0.29, 0.717) is 0 Å². The number of carbonyl (C=O) groups is 1. The molecule has 1 heterocycles. The first-order valence-electron chi connectivity index (χ1n) is 5.71. The molecule has 0 radical (unpaired) electrons. The number of anilines is 1. The summed E-state index contributed by atoms with van der Waals surface area (Å²) in [4.78, 5) is 16.9. The number of nitrogens with zero attached hydrogens (tertiary/aromatic N) is 2. The van der Waals surface area contributed by atoms with Crippen LogP contribution in [0.3, 0.4) is 0 Å². The molecular formula is C11H15BCl2N2O4. The molecule has 0 aliphatic carbocycles. The number of rotatable bonds is 2. The predicted molar refractivity (Wildman–Crippen MR) is 78.7 cm³/mol. The molecule has 0 unspecified atom stereocenters. The third-order valence-electron chi connectivity index (χ3n) is 2.22. The van der Waals surface area contributed by atoms with Gasteiger partial charge in [-0.15, -0.1) is 0 Å². The van der Waals surface area contributed by atoms with E-state index in [2.05, 4.69) is 4.98 Å². The maximum Gasteiger partial charge on any atom is 0.490 e. The molecular weight excluding hydrogens is 306 g/mol. The zero-order valence-corrected chi connectivity index (χ0v) is 13.0. The molecule has 0 fully saturated rings. The number of carbonyl (C=O) groups excluding carboxylic acids is 1. The van der Waals surface area contributed by atoms with Gasteiger partial charge >= 0.3 is 13.2 Å². The SMILES string of the molecule is CN(C(=O)OC(C)(C)C)c1cc(B(O)O)c(Cl)c(Cl)n1. The monoisotopic (exact) mass is 320 g/mol. The van der Waals surface area contributed by atoms with Crippen molar-refractivity contribution in [3.63, 3.8) is 0 Å². The molecule has 0 atom stereocenters. The molecule has 0 bridgehead atoms. The Labute approximate surface area is 127 Å². The molecule has 110 valence electrons. The molecule has 1 amide bonds. The molecule has 6 nitrogen and oxygen atoms in total. The maximum atomic E-state index is 11.9. The second kappa shape index (κ2) is 6.18. The highest BCUT2D eigenvalue weighted by atomic mass is 35.5. The van der Waals surface area contributed by atoms with Crippen molar-refractivity contribution in [2.24, 2.45) is 0 Å². The number of pyridine rings is 1. The Hall–Kier alpha value is -1.02. The molecule has 0 aromatic carbocycles. The summed E-state index contributed by atoms with van der Waals surface area (Å²) in [5.74, 6) is 0.0942. The van der Waals surface area contributed by atoms with Crippen molar-refractivity contribution in [1.82, 2.24) is 4.98 Å². The van der Waals surface area contributed by atoms with E-state index in [4.69, 9.17) is 27.9 Å². The van der Waals surface area contributed by atoms with E-state index in [-0.39, 0.29) is 21.5 Å².